The number of aryl methyl sites for hydroxylation is 1. The zero-order valence-corrected chi connectivity index (χ0v) is 12.7. The van der Waals surface area contributed by atoms with Gasteiger partial charge in [-0.05, 0) is 37.8 Å². The standard InChI is InChI=1S/C15H21BrO2/c1-4-13-7-9-14(10-8-13)6-5-11-17-18-12-15(2,3)16/h4,7-10H,1,5-6,11-12H2,2-3H3. The highest BCUT2D eigenvalue weighted by Gasteiger charge is 2.12. The number of rotatable bonds is 8. The third-order valence-corrected chi connectivity index (χ3v) is 2.62. The molecule has 0 aliphatic carbocycles. The summed E-state index contributed by atoms with van der Waals surface area (Å²) in [4.78, 5) is 10.2. The van der Waals surface area contributed by atoms with E-state index in [-0.39, 0.29) is 4.32 Å². The molecule has 18 heavy (non-hydrogen) atoms. The molecule has 3 heteroatoms. The van der Waals surface area contributed by atoms with E-state index in [9.17, 15) is 0 Å². The Morgan fingerprint density at radius 3 is 2.44 bits per heavy atom. The van der Waals surface area contributed by atoms with Gasteiger partial charge in [0.25, 0.3) is 0 Å². The van der Waals surface area contributed by atoms with Gasteiger partial charge in [0.1, 0.15) is 0 Å². The highest BCUT2D eigenvalue weighted by Crippen LogP contribution is 2.15. The second-order valence-electron chi connectivity index (χ2n) is 4.85. The van der Waals surface area contributed by atoms with Crippen molar-refractivity contribution in [2.45, 2.75) is 31.0 Å². The van der Waals surface area contributed by atoms with E-state index in [1.165, 1.54) is 5.56 Å². The molecule has 0 amide bonds. The molecule has 0 saturated carbocycles. The molecule has 100 valence electrons. The van der Waals surface area contributed by atoms with Crippen LogP contribution in [0.3, 0.4) is 0 Å². The molecule has 1 aromatic carbocycles. The van der Waals surface area contributed by atoms with E-state index in [4.69, 9.17) is 9.78 Å². The predicted octanol–water partition coefficient (Wildman–Crippen LogP) is 4.38. The Bertz CT molecular complexity index is 352. The fourth-order valence-corrected chi connectivity index (χ4v) is 1.49. The number of halogens is 1. The summed E-state index contributed by atoms with van der Waals surface area (Å²) in [6.07, 6.45) is 3.80. The lowest BCUT2D eigenvalue weighted by molar-refractivity contribution is -0.297. The van der Waals surface area contributed by atoms with E-state index < -0.39 is 0 Å². The Kier molecular flexibility index (Phi) is 6.61. The molecule has 0 N–H and O–H groups in total. The van der Waals surface area contributed by atoms with E-state index in [0.29, 0.717) is 13.2 Å². The summed E-state index contributed by atoms with van der Waals surface area (Å²) in [5, 5.41) is 0. The van der Waals surface area contributed by atoms with Gasteiger partial charge in [0.2, 0.25) is 0 Å². The summed E-state index contributed by atoms with van der Waals surface area (Å²) in [7, 11) is 0. The lowest BCUT2D eigenvalue weighted by atomic mass is 10.1. The van der Waals surface area contributed by atoms with Crippen molar-refractivity contribution < 1.29 is 9.78 Å². The molecule has 0 bridgehead atoms. The highest BCUT2D eigenvalue weighted by atomic mass is 79.9. The summed E-state index contributed by atoms with van der Waals surface area (Å²) in [6.45, 7) is 8.97. The Morgan fingerprint density at radius 1 is 1.22 bits per heavy atom. The Balaban J connectivity index is 2.12. The summed E-state index contributed by atoms with van der Waals surface area (Å²) >= 11 is 3.48. The average molecular weight is 313 g/mol. The summed E-state index contributed by atoms with van der Waals surface area (Å²) in [6, 6.07) is 8.40. The van der Waals surface area contributed by atoms with Crippen molar-refractivity contribution >= 4 is 22.0 Å². The third kappa shape index (κ3) is 6.94. The van der Waals surface area contributed by atoms with Crippen molar-refractivity contribution in [2.75, 3.05) is 13.2 Å². The Morgan fingerprint density at radius 2 is 1.89 bits per heavy atom. The predicted molar refractivity (Wildman–Crippen MR) is 79.8 cm³/mol. The van der Waals surface area contributed by atoms with Gasteiger partial charge in [0.05, 0.1) is 13.2 Å². The van der Waals surface area contributed by atoms with Gasteiger partial charge >= 0.3 is 0 Å². The first-order valence-corrected chi connectivity index (χ1v) is 6.95. The SMILES string of the molecule is C=Cc1ccc(CCCOOCC(C)(C)Br)cc1. The zero-order valence-electron chi connectivity index (χ0n) is 11.1. The van der Waals surface area contributed by atoms with Gasteiger partial charge in [-0.2, -0.15) is 0 Å². The van der Waals surface area contributed by atoms with Crippen LogP contribution in [0.15, 0.2) is 30.8 Å². The second-order valence-corrected chi connectivity index (χ2v) is 7.00. The molecule has 0 unspecified atom stereocenters. The second kappa shape index (κ2) is 7.72. The minimum Gasteiger partial charge on any atom is -0.237 e. The maximum atomic E-state index is 5.13. The first-order valence-electron chi connectivity index (χ1n) is 6.16. The van der Waals surface area contributed by atoms with Crippen LogP contribution in [-0.4, -0.2) is 17.5 Å². The van der Waals surface area contributed by atoms with Crippen molar-refractivity contribution in [1.82, 2.24) is 0 Å². The van der Waals surface area contributed by atoms with Crippen molar-refractivity contribution in [3.05, 3.63) is 42.0 Å². The van der Waals surface area contributed by atoms with Crippen molar-refractivity contribution in [1.29, 1.82) is 0 Å². The van der Waals surface area contributed by atoms with Crippen LogP contribution < -0.4 is 0 Å². The van der Waals surface area contributed by atoms with Crippen LogP contribution in [0.1, 0.15) is 31.4 Å². The third-order valence-electron chi connectivity index (χ3n) is 2.39. The molecule has 2 nitrogen and oxygen atoms in total. The van der Waals surface area contributed by atoms with Gasteiger partial charge in [0.15, 0.2) is 0 Å². The molecule has 0 spiro atoms. The normalized spacial score (nSPS) is 11.5. The minimum atomic E-state index is -0.0342. The van der Waals surface area contributed by atoms with Gasteiger partial charge in [-0.1, -0.05) is 52.9 Å². The van der Waals surface area contributed by atoms with E-state index in [1.54, 1.807) is 0 Å². The number of hydrogen-bond donors (Lipinski definition) is 0. The van der Waals surface area contributed by atoms with Crippen LogP contribution in [0.5, 0.6) is 0 Å². The van der Waals surface area contributed by atoms with Crippen LogP contribution >= 0.6 is 15.9 Å². The summed E-state index contributed by atoms with van der Waals surface area (Å²) < 4.78 is -0.0342. The topological polar surface area (TPSA) is 18.5 Å². The van der Waals surface area contributed by atoms with Crippen LogP contribution in [0.2, 0.25) is 0 Å². The monoisotopic (exact) mass is 312 g/mol. The van der Waals surface area contributed by atoms with Gasteiger partial charge in [-0.25, -0.2) is 9.78 Å². The minimum absolute atomic E-state index is 0.0342. The molecule has 0 atom stereocenters. The van der Waals surface area contributed by atoms with Gasteiger partial charge < -0.3 is 0 Å². The number of benzene rings is 1. The first kappa shape index (κ1) is 15.4. The largest absolute Gasteiger partial charge is 0.237 e. The fraction of sp³-hybridized carbons (Fsp3) is 0.467. The van der Waals surface area contributed by atoms with Crippen molar-refractivity contribution in [3.8, 4) is 0 Å². The van der Waals surface area contributed by atoms with E-state index in [2.05, 4.69) is 46.8 Å². The quantitative estimate of drug-likeness (QED) is 0.307. The molecule has 0 aliphatic heterocycles. The lowest BCUT2D eigenvalue weighted by Crippen LogP contribution is -2.18. The van der Waals surface area contributed by atoms with Gasteiger partial charge in [-0.3, -0.25) is 0 Å². The smallest absolute Gasteiger partial charge is 0.0970 e. The number of alkyl halides is 1. The summed E-state index contributed by atoms with van der Waals surface area (Å²) in [5.74, 6) is 0. The molecular formula is C15H21BrO2. The van der Waals surface area contributed by atoms with Crippen LogP contribution in [-0.2, 0) is 16.2 Å². The Labute approximate surface area is 118 Å². The van der Waals surface area contributed by atoms with E-state index >= 15 is 0 Å². The molecule has 0 aromatic heterocycles. The molecule has 0 radical (unpaired) electrons. The van der Waals surface area contributed by atoms with Crippen LogP contribution in [0.25, 0.3) is 6.08 Å². The maximum absolute atomic E-state index is 5.13. The maximum Gasteiger partial charge on any atom is 0.0970 e. The van der Waals surface area contributed by atoms with Crippen LogP contribution in [0.4, 0.5) is 0 Å². The van der Waals surface area contributed by atoms with Crippen molar-refractivity contribution in [2.24, 2.45) is 0 Å². The fourth-order valence-electron chi connectivity index (χ4n) is 1.40. The molecule has 1 rings (SSSR count). The zero-order chi connectivity index (χ0) is 13.4. The van der Waals surface area contributed by atoms with Gasteiger partial charge in [0, 0.05) is 4.32 Å². The molecular weight excluding hydrogens is 292 g/mol. The summed E-state index contributed by atoms with van der Waals surface area (Å²) in [5.41, 5.74) is 2.46. The Hall–Kier alpha value is -0.640. The van der Waals surface area contributed by atoms with Crippen LogP contribution in [0, 0.1) is 0 Å². The lowest BCUT2D eigenvalue weighted by Gasteiger charge is -2.14. The molecule has 0 fully saturated rings. The molecule has 1 aromatic rings. The highest BCUT2D eigenvalue weighted by molar-refractivity contribution is 9.10. The van der Waals surface area contributed by atoms with E-state index in [1.807, 2.05) is 19.9 Å². The average Bonchev–Trinajstić information content (AvgIpc) is 2.33. The number of hydrogen-bond acceptors (Lipinski definition) is 2. The van der Waals surface area contributed by atoms with E-state index in [0.717, 1.165) is 18.4 Å². The van der Waals surface area contributed by atoms with Gasteiger partial charge in [-0.15, -0.1) is 0 Å². The first-order chi connectivity index (χ1) is 8.51. The van der Waals surface area contributed by atoms with Crippen molar-refractivity contribution in [3.63, 3.8) is 0 Å². The molecule has 0 heterocycles. The molecule has 0 aliphatic rings. The molecule has 0 saturated heterocycles.